The van der Waals surface area contributed by atoms with E-state index in [-0.39, 0.29) is 5.91 Å². The monoisotopic (exact) mass is 268 g/mol. The van der Waals surface area contributed by atoms with E-state index in [1.807, 2.05) is 24.3 Å². The predicted octanol–water partition coefficient (Wildman–Crippen LogP) is 1.05. The van der Waals surface area contributed by atoms with Gasteiger partial charge in [0.2, 0.25) is 0 Å². The SMILES string of the molecule is O=C(NCc1cccnn1)c1ccc2c(c1)CNCC2. The van der Waals surface area contributed by atoms with Crippen molar-refractivity contribution in [3.8, 4) is 0 Å². The summed E-state index contributed by atoms with van der Waals surface area (Å²) in [6, 6.07) is 9.54. The van der Waals surface area contributed by atoms with Gasteiger partial charge in [-0.1, -0.05) is 6.07 Å². The first kappa shape index (κ1) is 12.7. The standard InChI is InChI=1S/C15H16N4O/c20-15(17-10-14-2-1-6-18-19-14)12-4-3-11-5-7-16-9-13(11)8-12/h1-4,6,8,16H,5,7,9-10H2,(H,17,20). The molecule has 0 radical (unpaired) electrons. The summed E-state index contributed by atoms with van der Waals surface area (Å²) in [4.78, 5) is 12.1. The van der Waals surface area contributed by atoms with E-state index >= 15 is 0 Å². The van der Waals surface area contributed by atoms with Crippen LogP contribution in [0.3, 0.4) is 0 Å². The van der Waals surface area contributed by atoms with Crippen LogP contribution in [0.1, 0.15) is 27.2 Å². The van der Waals surface area contributed by atoms with Gasteiger partial charge in [-0.2, -0.15) is 10.2 Å². The van der Waals surface area contributed by atoms with Gasteiger partial charge in [-0.05, 0) is 48.4 Å². The van der Waals surface area contributed by atoms with Crippen molar-refractivity contribution in [3.05, 3.63) is 58.9 Å². The summed E-state index contributed by atoms with van der Waals surface area (Å²) in [6.45, 7) is 2.23. The molecule has 0 unspecified atom stereocenters. The molecule has 0 saturated heterocycles. The first-order valence-corrected chi connectivity index (χ1v) is 6.70. The second-order valence-corrected chi connectivity index (χ2v) is 4.81. The van der Waals surface area contributed by atoms with Crippen LogP contribution in [-0.2, 0) is 19.5 Å². The van der Waals surface area contributed by atoms with E-state index in [2.05, 4.69) is 20.8 Å². The highest BCUT2D eigenvalue weighted by atomic mass is 16.1. The van der Waals surface area contributed by atoms with Gasteiger partial charge in [-0.25, -0.2) is 0 Å². The average Bonchev–Trinajstić information content (AvgIpc) is 2.53. The molecule has 0 aliphatic carbocycles. The summed E-state index contributed by atoms with van der Waals surface area (Å²) >= 11 is 0. The molecule has 3 rings (SSSR count). The Morgan fingerprint density at radius 2 is 2.25 bits per heavy atom. The van der Waals surface area contributed by atoms with Crippen molar-refractivity contribution < 1.29 is 4.79 Å². The first-order chi connectivity index (χ1) is 9.83. The molecule has 102 valence electrons. The quantitative estimate of drug-likeness (QED) is 0.873. The van der Waals surface area contributed by atoms with Crippen LogP contribution < -0.4 is 10.6 Å². The zero-order valence-electron chi connectivity index (χ0n) is 11.1. The average molecular weight is 268 g/mol. The van der Waals surface area contributed by atoms with E-state index < -0.39 is 0 Å². The van der Waals surface area contributed by atoms with Gasteiger partial charge in [0.05, 0.1) is 12.2 Å². The van der Waals surface area contributed by atoms with Crippen LogP contribution in [0.4, 0.5) is 0 Å². The van der Waals surface area contributed by atoms with Crippen LogP contribution in [0, 0.1) is 0 Å². The highest BCUT2D eigenvalue weighted by Gasteiger charge is 2.12. The molecule has 0 spiro atoms. The lowest BCUT2D eigenvalue weighted by Gasteiger charge is -2.17. The topological polar surface area (TPSA) is 66.9 Å². The molecule has 1 aromatic heterocycles. The fourth-order valence-electron chi connectivity index (χ4n) is 2.32. The van der Waals surface area contributed by atoms with Crippen molar-refractivity contribution in [2.24, 2.45) is 0 Å². The first-order valence-electron chi connectivity index (χ1n) is 6.70. The number of nitrogens with one attached hydrogen (secondary N) is 2. The number of fused-ring (bicyclic) bond motifs is 1. The zero-order valence-corrected chi connectivity index (χ0v) is 11.1. The third-order valence-corrected chi connectivity index (χ3v) is 3.41. The Hall–Kier alpha value is -2.27. The number of aromatic nitrogens is 2. The number of rotatable bonds is 3. The Labute approximate surface area is 117 Å². The van der Waals surface area contributed by atoms with Gasteiger partial charge in [0.1, 0.15) is 0 Å². The van der Waals surface area contributed by atoms with Crippen molar-refractivity contribution in [3.63, 3.8) is 0 Å². The van der Waals surface area contributed by atoms with Crippen LogP contribution in [0.25, 0.3) is 0 Å². The number of hydrogen-bond donors (Lipinski definition) is 2. The van der Waals surface area contributed by atoms with Gasteiger partial charge in [-0.15, -0.1) is 0 Å². The maximum absolute atomic E-state index is 12.1. The lowest BCUT2D eigenvalue weighted by atomic mass is 9.98. The van der Waals surface area contributed by atoms with Gasteiger partial charge < -0.3 is 10.6 Å². The molecule has 2 aromatic rings. The molecule has 1 aromatic carbocycles. The second-order valence-electron chi connectivity index (χ2n) is 4.81. The molecule has 2 heterocycles. The smallest absolute Gasteiger partial charge is 0.251 e. The van der Waals surface area contributed by atoms with E-state index in [0.717, 1.165) is 25.2 Å². The van der Waals surface area contributed by atoms with Crippen molar-refractivity contribution in [2.75, 3.05) is 6.54 Å². The Bertz CT molecular complexity index is 613. The van der Waals surface area contributed by atoms with Gasteiger partial charge in [0, 0.05) is 18.3 Å². The van der Waals surface area contributed by atoms with Gasteiger partial charge >= 0.3 is 0 Å². The Morgan fingerprint density at radius 1 is 1.30 bits per heavy atom. The molecule has 2 N–H and O–H groups in total. The van der Waals surface area contributed by atoms with E-state index in [0.29, 0.717) is 12.1 Å². The second kappa shape index (κ2) is 5.79. The van der Waals surface area contributed by atoms with Crippen LogP contribution in [0.2, 0.25) is 0 Å². The van der Waals surface area contributed by atoms with Gasteiger partial charge in [0.25, 0.3) is 5.91 Å². The van der Waals surface area contributed by atoms with Crippen LogP contribution >= 0.6 is 0 Å². The lowest BCUT2D eigenvalue weighted by molar-refractivity contribution is 0.0950. The fourth-order valence-corrected chi connectivity index (χ4v) is 2.32. The maximum atomic E-state index is 12.1. The van der Waals surface area contributed by atoms with Crippen molar-refractivity contribution in [1.82, 2.24) is 20.8 Å². The van der Waals surface area contributed by atoms with E-state index in [4.69, 9.17) is 0 Å². The largest absolute Gasteiger partial charge is 0.346 e. The predicted molar refractivity (Wildman–Crippen MR) is 75.1 cm³/mol. The Morgan fingerprint density at radius 3 is 3.10 bits per heavy atom. The third-order valence-electron chi connectivity index (χ3n) is 3.41. The molecule has 20 heavy (non-hydrogen) atoms. The lowest BCUT2D eigenvalue weighted by Crippen LogP contribution is -2.26. The molecule has 1 aliphatic rings. The summed E-state index contributed by atoms with van der Waals surface area (Å²) < 4.78 is 0. The number of amides is 1. The summed E-state index contributed by atoms with van der Waals surface area (Å²) in [5.41, 5.74) is 3.98. The molecule has 1 amide bonds. The molecule has 0 saturated carbocycles. The number of nitrogens with zero attached hydrogens (tertiary/aromatic N) is 2. The summed E-state index contributed by atoms with van der Waals surface area (Å²) in [6.07, 6.45) is 2.64. The molecule has 0 bridgehead atoms. The minimum absolute atomic E-state index is 0.0796. The number of carbonyl (C=O) groups is 1. The molecular formula is C15H16N4O. The highest BCUT2D eigenvalue weighted by Crippen LogP contribution is 2.15. The maximum Gasteiger partial charge on any atom is 0.251 e. The molecule has 5 heteroatoms. The molecule has 5 nitrogen and oxygen atoms in total. The van der Waals surface area contributed by atoms with Gasteiger partial charge in [-0.3, -0.25) is 4.79 Å². The minimum Gasteiger partial charge on any atom is -0.346 e. The molecule has 1 aliphatic heterocycles. The van der Waals surface area contributed by atoms with Crippen LogP contribution in [0.15, 0.2) is 36.5 Å². The highest BCUT2D eigenvalue weighted by molar-refractivity contribution is 5.94. The number of benzene rings is 1. The number of hydrogen-bond acceptors (Lipinski definition) is 4. The van der Waals surface area contributed by atoms with E-state index in [9.17, 15) is 4.79 Å². The van der Waals surface area contributed by atoms with Crippen LogP contribution in [0.5, 0.6) is 0 Å². The van der Waals surface area contributed by atoms with E-state index in [1.54, 1.807) is 12.3 Å². The Kier molecular flexibility index (Phi) is 3.69. The van der Waals surface area contributed by atoms with E-state index in [1.165, 1.54) is 11.1 Å². The zero-order chi connectivity index (χ0) is 13.8. The van der Waals surface area contributed by atoms with Gasteiger partial charge in [0.15, 0.2) is 0 Å². The normalized spacial score (nSPS) is 13.6. The number of carbonyl (C=O) groups excluding carboxylic acids is 1. The molecule has 0 fully saturated rings. The van der Waals surface area contributed by atoms with Crippen LogP contribution in [-0.4, -0.2) is 22.6 Å². The van der Waals surface area contributed by atoms with Crippen molar-refractivity contribution in [2.45, 2.75) is 19.5 Å². The summed E-state index contributed by atoms with van der Waals surface area (Å²) in [5.74, 6) is -0.0796. The third kappa shape index (κ3) is 2.83. The van der Waals surface area contributed by atoms with Crippen molar-refractivity contribution >= 4 is 5.91 Å². The minimum atomic E-state index is -0.0796. The van der Waals surface area contributed by atoms with Crippen molar-refractivity contribution in [1.29, 1.82) is 0 Å². The fraction of sp³-hybridized carbons (Fsp3) is 0.267. The summed E-state index contributed by atoms with van der Waals surface area (Å²) in [5, 5.41) is 13.9. The summed E-state index contributed by atoms with van der Waals surface area (Å²) in [7, 11) is 0. The molecule has 0 atom stereocenters. The Balaban J connectivity index is 1.68. The molecular weight excluding hydrogens is 252 g/mol.